The Hall–Kier alpha value is -0.0800. The molecule has 2 saturated heterocycles. The Balaban J connectivity index is 0.00000338. The predicted molar refractivity (Wildman–Crippen MR) is 124 cm³/mol. The maximum Gasteiger partial charge on any atom is 0.191 e. The van der Waals surface area contributed by atoms with E-state index in [2.05, 4.69) is 41.2 Å². The second kappa shape index (κ2) is 14.0. The molecule has 5 nitrogen and oxygen atoms in total. The molecule has 2 rings (SSSR count). The van der Waals surface area contributed by atoms with Gasteiger partial charge < -0.3 is 20.4 Å². The number of nitrogens with zero attached hydrogens (tertiary/aromatic N) is 3. The van der Waals surface area contributed by atoms with Crippen molar-refractivity contribution in [3.63, 3.8) is 0 Å². The lowest BCUT2D eigenvalue weighted by atomic mass is 9.99. The highest BCUT2D eigenvalue weighted by Crippen LogP contribution is 2.15. The van der Waals surface area contributed by atoms with Crippen molar-refractivity contribution in [2.45, 2.75) is 65.3 Å². The molecule has 0 aromatic carbocycles. The molecule has 2 heterocycles. The van der Waals surface area contributed by atoms with E-state index in [1.54, 1.807) is 0 Å². The Labute approximate surface area is 178 Å². The SMILES string of the molecule is CCCN1CCC(NC(=NCCCN2CCC(C)CC2)NCC)CC1.I. The van der Waals surface area contributed by atoms with Crippen molar-refractivity contribution in [2.75, 3.05) is 52.4 Å². The molecule has 2 fully saturated rings. The molecule has 0 aromatic heterocycles. The molecule has 2 aliphatic rings. The van der Waals surface area contributed by atoms with Crippen molar-refractivity contribution in [1.82, 2.24) is 20.4 Å². The number of likely N-dealkylation sites (tertiary alicyclic amines) is 2. The summed E-state index contributed by atoms with van der Waals surface area (Å²) in [5.41, 5.74) is 0. The highest BCUT2D eigenvalue weighted by molar-refractivity contribution is 14.0. The molecule has 154 valence electrons. The molecule has 0 aromatic rings. The van der Waals surface area contributed by atoms with Crippen LogP contribution in [0.5, 0.6) is 0 Å². The first-order valence-electron chi connectivity index (χ1n) is 10.7. The number of nitrogens with one attached hydrogen (secondary N) is 2. The summed E-state index contributed by atoms with van der Waals surface area (Å²) in [4.78, 5) is 10.0. The number of guanidine groups is 1. The molecular formula is C20H42IN5. The van der Waals surface area contributed by atoms with Crippen molar-refractivity contribution >= 4 is 29.9 Å². The third-order valence-corrected chi connectivity index (χ3v) is 5.59. The van der Waals surface area contributed by atoms with Crippen LogP contribution < -0.4 is 10.6 Å². The second-order valence-corrected chi connectivity index (χ2v) is 7.90. The van der Waals surface area contributed by atoms with Gasteiger partial charge in [-0.2, -0.15) is 0 Å². The molecule has 0 radical (unpaired) electrons. The summed E-state index contributed by atoms with van der Waals surface area (Å²) in [5.74, 6) is 1.94. The monoisotopic (exact) mass is 479 g/mol. The van der Waals surface area contributed by atoms with Crippen LogP contribution in [0, 0.1) is 5.92 Å². The summed E-state index contributed by atoms with van der Waals surface area (Å²) in [7, 11) is 0. The minimum absolute atomic E-state index is 0. The van der Waals surface area contributed by atoms with Crippen molar-refractivity contribution in [3.05, 3.63) is 0 Å². The van der Waals surface area contributed by atoms with Gasteiger partial charge in [0.15, 0.2) is 5.96 Å². The van der Waals surface area contributed by atoms with Crippen LogP contribution in [0.4, 0.5) is 0 Å². The van der Waals surface area contributed by atoms with Crippen LogP contribution in [0.1, 0.15) is 59.3 Å². The summed E-state index contributed by atoms with van der Waals surface area (Å²) in [6.07, 6.45) is 7.62. The van der Waals surface area contributed by atoms with Crippen LogP contribution in [0.25, 0.3) is 0 Å². The van der Waals surface area contributed by atoms with Crippen LogP contribution in [-0.2, 0) is 0 Å². The van der Waals surface area contributed by atoms with Crippen LogP contribution in [0.3, 0.4) is 0 Å². The van der Waals surface area contributed by atoms with Crippen molar-refractivity contribution in [2.24, 2.45) is 10.9 Å². The fourth-order valence-electron chi connectivity index (χ4n) is 3.90. The molecular weight excluding hydrogens is 437 g/mol. The molecule has 0 aliphatic carbocycles. The number of hydrogen-bond donors (Lipinski definition) is 2. The van der Waals surface area contributed by atoms with Crippen LogP contribution in [0.2, 0.25) is 0 Å². The Morgan fingerprint density at radius 1 is 0.962 bits per heavy atom. The molecule has 0 spiro atoms. The fourth-order valence-corrected chi connectivity index (χ4v) is 3.90. The molecule has 0 unspecified atom stereocenters. The minimum Gasteiger partial charge on any atom is -0.357 e. The lowest BCUT2D eigenvalue weighted by molar-refractivity contribution is 0.191. The highest BCUT2D eigenvalue weighted by atomic mass is 127. The molecule has 6 heteroatoms. The molecule has 2 N–H and O–H groups in total. The summed E-state index contributed by atoms with van der Waals surface area (Å²) < 4.78 is 0. The average molecular weight is 479 g/mol. The molecule has 0 amide bonds. The van der Waals surface area contributed by atoms with Crippen molar-refractivity contribution in [1.29, 1.82) is 0 Å². The van der Waals surface area contributed by atoms with E-state index in [0.717, 1.165) is 25.0 Å². The molecule has 0 atom stereocenters. The van der Waals surface area contributed by atoms with Crippen LogP contribution >= 0.6 is 24.0 Å². The van der Waals surface area contributed by atoms with Crippen molar-refractivity contribution in [3.8, 4) is 0 Å². The summed E-state index contributed by atoms with van der Waals surface area (Å²) in [6, 6.07) is 0.578. The third kappa shape index (κ3) is 9.22. The highest BCUT2D eigenvalue weighted by Gasteiger charge is 2.19. The quantitative estimate of drug-likeness (QED) is 0.243. The van der Waals surface area contributed by atoms with Crippen LogP contribution in [-0.4, -0.2) is 74.2 Å². The number of aliphatic imine (C=N–C) groups is 1. The number of piperidine rings is 2. The van der Waals surface area contributed by atoms with Gasteiger partial charge in [0.1, 0.15) is 0 Å². The van der Waals surface area contributed by atoms with Gasteiger partial charge >= 0.3 is 0 Å². The predicted octanol–water partition coefficient (Wildman–Crippen LogP) is 3.16. The van der Waals surface area contributed by atoms with E-state index in [1.165, 1.54) is 77.8 Å². The summed E-state index contributed by atoms with van der Waals surface area (Å²) in [6.45, 7) is 16.1. The normalized spacial score (nSPS) is 21.4. The Bertz CT molecular complexity index is 374. The van der Waals surface area contributed by atoms with E-state index in [9.17, 15) is 0 Å². The topological polar surface area (TPSA) is 42.9 Å². The smallest absolute Gasteiger partial charge is 0.191 e. The molecule has 2 aliphatic heterocycles. The first kappa shape index (κ1) is 24.0. The van der Waals surface area contributed by atoms with Crippen molar-refractivity contribution < 1.29 is 0 Å². The Kier molecular flexibility index (Phi) is 12.9. The van der Waals surface area contributed by atoms with Gasteiger partial charge in [-0.3, -0.25) is 4.99 Å². The first-order chi connectivity index (χ1) is 12.2. The van der Waals surface area contributed by atoms with E-state index in [1.807, 2.05) is 0 Å². The summed E-state index contributed by atoms with van der Waals surface area (Å²) >= 11 is 0. The van der Waals surface area contributed by atoms with Gasteiger partial charge in [-0.05, 0) is 77.5 Å². The molecule has 0 saturated carbocycles. The van der Waals surface area contributed by atoms with E-state index < -0.39 is 0 Å². The van der Waals surface area contributed by atoms with E-state index in [0.29, 0.717) is 6.04 Å². The number of rotatable bonds is 8. The van der Waals surface area contributed by atoms with Gasteiger partial charge in [-0.1, -0.05) is 13.8 Å². The fraction of sp³-hybridized carbons (Fsp3) is 0.950. The zero-order valence-corrected chi connectivity index (χ0v) is 19.6. The van der Waals surface area contributed by atoms with E-state index in [-0.39, 0.29) is 24.0 Å². The largest absolute Gasteiger partial charge is 0.357 e. The maximum absolute atomic E-state index is 4.82. The Morgan fingerprint density at radius 2 is 1.58 bits per heavy atom. The van der Waals surface area contributed by atoms with E-state index >= 15 is 0 Å². The van der Waals surface area contributed by atoms with Gasteiger partial charge in [-0.25, -0.2) is 0 Å². The number of hydrogen-bond acceptors (Lipinski definition) is 3. The Morgan fingerprint density at radius 3 is 2.19 bits per heavy atom. The van der Waals surface area contributed by atoms with E-state index in [4.69, 9.17) is 4.99 Å². The molecule has 26 heavy (non-hydrogen) atoms. The first-order valence-corrected chi connectivity index (χ1v) is 10.7. The van der Waals surface area contributed by atoms with Crippen LogP contribution in [0.15, 0.2) is 4.99 Å². The lowest BCUT2D eigenvalue weighted by Gasteiger charge is -2.33. The summed E-state index contributed by atoms with van der Waals surface area (Å²) in [5, 5.41) is 7.08. The minimum atomic E-state index is 0. The zero-order chi connectivity index (χ0) is 17.9. The van der Waals surface area contributed by atoms with Gasteiger partial charge in [0.05, 0.1) is 0 Å². The molecule has 0 bridgehead atoms. The van der Waals surface area contributed by atoms with Gasteiger partial charge in [0, 0.05) is 32.2 Å². The van der Waals surface area contributed by atoms with Gasteiger partial charge in [0.2, 0.25) is 0 Å². The average Bonchev–Trinajstić information content (AvgIpc) is 2.62. The third-order valence-electron chi connectivity index (χ3n) is 5.59. The zero-order valence-electron chi connectivity index (χ0n) is 17.3. The second-order valence-electron chi connectivity index (χ2n) is 7.90. The van der Waals surface area contributed by atoms with Gasteiger partial charge in [0.25, 0.3) is 0 Å². The van der Waals surface area contributed by atoms with Gasteiger partial charge in [-0.15, -0.1) is 24.0 Å². The maximum atomic E-state index is 4.82. The lowest BCUT2D eigenvalue weighted by Crippen LogP contribution is -2.48. The standard InChI is InChI=1S/C20H41N5.HI/c1-4-12-24-16-9-19(10-17-24)23-20(21-5-2)22-11-6-13-25-14-7-18(3)8-15-25;/h18-19H,4-17H2,1-3H3,(H2,21,22,23);1H. The number of halogens is 1.